The first kappa shape index (κ1) is 24.9. The zero-order valence-corrected chi connectivity index (χ0v) is 19.3. The molecule has 9 heteroatoms. The Hall–Kier alpha value is -3.72. The topological polar surface area (TPSA) is 128 Å². The highest BCUT2D eigenvalue weighted by atomic mass is 16.6. The first-order valence-corrected chi connectivity index (χ1v) is 11.0. The number of ether oxygens (including phenoxy) is 2. The van der Waals surface area contributed by atoms with Gasteiger partial charge in [-0.05, 0) is 38.5 Å². The van der Waals surface area contributed by atoms with E-state index in [4.69, 9.17) is 9.47 Å². The molecule has 1 aliphatic carbocycles. The maximum Gasteiger partial charge on any atom is 0.336 e. The fraction of sp³-hybridized carbons (Fsp3) is 0.360. The minimum absolute atomic E-state index is 0.0387. The smallest absolute Gasteiger partial charge is 0.336 e. The number of anilines is 1. The quantitative estimate of drug-likeness (QED) is 0.339. The molecular formula is C25H28N2O7. The van der Waals surface area contributed by atoms with Crippen molar-refractivity contribution in [2.75, 3.05) is 18.5 Å². The number of nitro benzene ring substituents is 1. The molecule has 0 unspecified atom stereocenters. The van der Waals surface area contributed by atoms with Crippen LogP contribution in [-0.4, -0.2) is 40.8 Å². The van der Waals surface area contributed by atoms with Gasteiger partial charge in [-0.3, -0.25) is 14.9 Å². The van der Waals surface area contributed by atoms with Crippen LogP contribution in [0.3, 0.4) is 0 Å². The van der Waals surface area contributed by atoms with Gasteiger partial charge in [0.15, 0.2) is 0 Å². The normalized spacial score (nSPS) is 22.1. The van der Waals surface area contributed by atoms with Crippen LogP contribution < -0.4 is 5.32 Å². The number of nitro groups is 1. The highest BCUT2D eigenvalue weighted by Crippen LogP contribution is 2.48. The number of hydrogen-bond acceptors (Lipinski definition) is 8. The summed E-state index contributed by atoms with van der Waals surface area (Å²) in [6.07, 6.45) is -0.0387. The van der Waals surface area contributed by atoms with E-state index >= 15 is 0 Å². The number of carbonyl (C=O) groups is 2. The van der Waals surface area contributed by atoms with Crippen LogP contribution in [0, 0.1) is 16.0 Å². The average Bonchev–Trinajstić information content (AvgIpc) is 2.79. The molecule has 1 aliphatic rings. The number of non-ortho nitro benzene ring substituents is 1. The molecule has 3 atom stereocenters. The van der Waals surface area contributed by atoms with E-state index in [0.29, 0.717) is 16.9 Å². The van der Waals surface area contributed by atoms with Crippen molar-refractivity contribution in [3.05, 3.63) is 81.5 Å². The number of carbonyl (C=O) groups excluding carboxylic acids is 2. The molecule has 9 nitrogen and oxygen atoms in total. The van der Waals surface area contributed by atoms with E-state index in [1.807, 2.05) is 30.3 Å². The number of aliphatic hydroxyl groups is 1. The number of benzene rings is 2. The van der Waals surface area contributed by atoms with Gasteiger partial charge in [0.25, 0.3) is 5.69 Å². The van der Waals surface area contributed by atoms with Crippen LogP contribution in [0.5, 0.6) is 0 Å². The van der Waals surface area contributed by atoms with Crippen molar-refractivity contribution in [1.82, 2.24) is 0 Å². The van der Waals surface area contributed by atoms with Gasteiger partial charge in [-0.1, -0.05) is 30.3 Å². The van der Waals surface area contributed by atoms with E-state index in [-0.39, 0.29) is 30.9 Å². The van der Waals surface area contributed by atoms with Crippen LogP contribution in [0.2, 0.25) is 0 Å². The number of nitrogens with one attached hydrogen (secondary N) is 1. The summed E-state index contributed by atoms with van der Waals surface area (Å²) in [5.74, 6) is -3.42. The summed E-state index contributed by atoms with van der Waals surface area (Å²) in [4.78, 5) is 36.9. The second-order valence-electron chi connectivity index (χ2n) is 8.19. The van der Waals surface area contributed by atoms with E-state index in [1.165, 1.54) is 31.2 Å². The van der Waals surface area contributed by atoms with E-state index < -0.39 is 34.3 Å². The zero-order chi connectivity index (χ0) is 24.9. The monoisotopic (exact) mass is 468 g/mol. The van der Waals surface area contributed by atoms with E-state index in [2.05, 4.69) is 5.32 Å². The third-order valence-electron chi connectivity index (χ3n) is 5.74. The van der Waals surface area contributed by atoms with Gasteiger partial charge in [0.2, 0.25) is 0 Å². The van der Waals surface area contributed by atoms with Crippen molar-refractivity contribution in [3.63, 3.8) is 0 Å². The van der Waals surface area contributed by atoms with Crippen molar-refractivity contribution in [2.24, 2.45) is 5.92 Å². The van der Waals surface area contributed by atoms with Crippen molar-refractivity contribution in [1.29, 1.82) is 0 Å². The molecule has 0 radical (unpaired) electrons. The maximum absolute atomic E-state index is 13.2. The fourth-order valence-corrected chi connectivity index (χ4v) is 4.33. The molecule has 0 saturated heterocycles. The summed E-state index contributed by atoms with van der Waals surface area (Å²) >= 11 is 0. The Labute approximate surface area is 197 Å². The molecule has 0 fully saturated rings. The van der Waals surface area contributed by atoms with Crippen LogP contribution in [0.1, 0.15) is 38.7 Å². The number of hydrogen-bond donors (Lipinski definition) is 2. The zero-order valence-electron chi connectivity index (χ0n) is 19.3. The number of para-hydroxylation sites is 1. The Balaban J connectivity index is 2.24. The summed E-state index contributed by atoms with van der Waals surface area (Å²) < 4.78 is 10.6. The van der Waals surface area contributed by atoms with Crippen LogP contribution in [0.25, 0.3) is 0 Å². The Kier molecular flexibility index (Phi) is 7.68. The molecule has 0 aliphatic heterocycles. The standard InChI is InChI=1S/C25H28N2O7/c1-4-33-23(28)21-19(26-17-9-7-6-8-10-17)15-25(3,30)22(24(29)34-5-2)20(21)16-11-13-18(14-12-16)27(31)32/h6-14,20,22,26,30H,4-5,15H2,1-3H3/t20-,22-,25+/m1/s1. The summed E-state index contributed by atoms with van der Waals surface area (Å²) in [7, 11) is 0. The molecule has 2 aromatic rings. The third-order valence-corrected chi connectivity index (χ3v) is 5.74. The Morgan fingerprint density at radius 2 is 1.71 bits per heavy atom. The third kappa shape index (κ3) is 5.26. The number of nitrogens with zero attached hydrogens (tertiary/aromatic N) is 1. The van der Waals surface area contributed by atoms with E-state index in [0.717, 1.165) is 0 Å². The summed E-state index contributed by atoms with van der Waals surface area (Å²) in [6, 6.07) is 14.7. The molecule has 3 rings (SSSR count). The second kappa shape index (κ2) is 10.5. The van der Waals surface area contributed by atoms with Crippen LogP contribution in [0.15, 0.2) is 65.9 Å². The molecule has 180 valence electrons. The highest BCUT2D eigenvalue weighted by Gasteiger charge is 2.52. The molecule has 2 aromatic carbocycles. The van der Waals surface area contributed by atoms with Crippen molar-refractivity contribution < 1.29 is 29.1 Å². The first-order valence-electron chi connectivity index (χ1n) is 11.0. The molecule has 2 N–H and O–H groups in total. The summed E-state index contributed by atoms with van der Waals surface area (Å²) in [5, 5.41) is 25.8. The Morgan fingerprint density at radius 3 is 2.26 bits per heavy atom. The lowest BCUT2D eigenvalue weighted by Gasteiger charge is -2.43. The lowest BCUT2D eigenvalue weighted by Crippen LogP contribution is -2.49. The van der Waals surface area contributed by atoms with Gasteiger partial charge in [0.1, 0.15) is 0 Å². The Bertz CT molecular complexity index is 1080. The van der Waals surface area contributed by atoms with Crippen LogP contribution >= 0.6 is 0 Å². The minimum atomic E-state index is -1.59. The predicted octanol–water partition coefficient (Wildman–Crippen LogP) is 3.94. The van der Waals surface area contributed by atoms with Gasteiger partial charge in [0, 0.05) is 35.9 Å². The largest absolute Gasteiger partial charge is 0.466 e. The average molecular weight is 469 g/mol. The second-order valence-corrected chi connectivity index (χ2v) is 8.19. The summed E-state index contributed by atoms with van der Waals surface area (Å²) in [5.41, 5.74) is -0.0246. The molecule has 0 amide bonds. The van der Waals surface area contributed by atoms with Gasteiger partial charge in [-0.25, -0.2) is 4.79 Å². The SMILES string of the molecule is CCOC(=O)C1=C(Nc2ccccc2)C[C@](C)(O)[C@@H](C(=O)OCC)[C@@H]1c1ccc([N+](=O)[O-])cc1. The predicted molar refractivity (Wildman–Crippen MR) is 125 cm³/mol. The first-order chi connectivity index (χ1) is 16.2. The number of rotatable bonds is 8. The van der Waals surface area contributed by atoms with E-state index in [9.17, 15) is 24.8 Å². The van der Waals surface area contributed by atoms with Gasteiger partial charge in [-0.2, -0.15) is 0 Å². The van der Waals surface area contributed by atoms with Crippen LogP contribution in [-0.2, 0) is 19.1 Å². The fourth-order valence-electron chi connectivity index (χ4n) is 4.33. The number of esters is 2. The molecule has 0 heterocycles. The molecule has 0 spiro atoms. The van der Waals surface area contributed by atoms with E-state index in [1.54, 1.807) is 13.8 Å². The maximum atomic E-state index is 13.2. The van der Waals surface area contributed by atoms with Crippen molar-refractivity contribution in [3.8, 4) is 0 Å². The lowest BCUT2D eigenvalue weighted by molar-refractivity contribution is -0.384. The molecule has 0 aromatic heterocycles. The summed E-state index contributed by atoms with van der Waals surface area (Å²) in [6.45, 7) is 5.04. The highest BCUT2D eigenvalue weighted by molar-refractivity contribution is 5.94. The van der Waals surface area contributed by atoms with Gasteiger partial charge in [0.05, 0.1) is 35.2 Å². The van der Waals surface area contributed by atoms with Crippen LogP contribution in [0.4, 0.5) is 11.4 Å². The van der Waals surface area contributed by atoms with Gasteiger partial charge < -0.3 is 19.9 Å². The van der Waals surface area contributed by atoms with Crippen molar-refractivity contribution in [2.45, 2.75) is 38.7 Å². The van der Waals surface area contributed by atoms with Crippen molar-refractivity contribution >= 4 is 23.3 Å². The van der Waals surface area contributed by atoms with Gasteiger partial charge >= 0.3 is 11.9 Å². The Morgan fingerprint density at radius 1 is 1.09 bits per heavy atom. The lowest BCUT2D eigenvalue weighted by atomic mass is 9.65. The molecular weight excluding hydrogens is 440 g/mol. The molecule has 0 saturated carbocycles. The molecule has 34 heavy (non-hydrogen) atoms. The van der Waals surface area contributed by atoms with Gasteiger partial charge in [-0.15, -0.1) is 0 Å². The minimum Gasteiger partial charge on any atom is -0.466 e. The molecule has 0 bridgehead atoms.